The van der Waals surface area contributed by atoms with Crippen LogP contribution in [0.15, 0.2) is 24.3 Å². The van der Waals surface area contributed by atoms with E-state index >= 15 is 0 Å². The van der Waals surface area contributed by atoms with Gasteiger partial charge >= 0.3 is 29.8 Å². The van der Waals surface area contributed by atoms with E-state index in [1.54, 1.807) is 0 Å². The maximum Gasteiger partial charge on any atom is 0.335 e. The van der Waals surface area contributed by atoms with Crippen molar-refractivity contribution in [2.45, 2.75) is 37.8 Å². The maximum atomic E-state index is 11.5. The highest BCUT2D eigenvalue weighted by atomic mass is 16.4. The third-order valence-electron chi connectivity index (χ3n) is 4.52. The van der Waals surface area contributed by atoms with Crippen molar-refractivity contribution >= 4 is 53.4 Å². The SMILES string of the molecule is O=C(O)CCC(Nc1nc(Nc2ccc(C(=O)O)cc2)nc(NC(CCC(=O)O)C(=O)O)n1)C(=O)O. The minimum absolute atomic E-state index is 0.00590. The van der Waals surface area contributed by atoms with Crippen LogP contribution in [0.4, 0.5) is 23.5 Å². The van der Waals surface area contributed by atoms with Crippen molar-refractivity contribution in [3.63, 3.8) is 0 Å². The predicted molar refractivity (Wildman–Crippen MR) is 120 cm³/mol. The second-order valence-electron chi connectivity index (χ2n) is 7.25. The Bertz CT molecular complexity index is 1080. The number of nitrogens with one attached hydrogen (secondary N) is 3. The van der Waals surface area contributed by atoms with E-state index in [0.29, 0.717) is 5.69 Å². The number of aromatic carboxylic acids is 1. The number of benzene rings is 1. The molecule has 2 rings (SSSR count). The Labute approximate surface area is 202 Å². The van der Waals surface area contributed by atoms with Crippen LogP contribution in [0.2, 0.25) is 0 Å². The quantitative estimate of drug-likeness (QED) is 0.166. The van der Waals surface area contributed by atoms with Crippen LogP contribution < -0.4 is 16.0 Å². The van der Waals surface area contributed by atoms with E-state index < -0.39 is 54.8 Å². The molecule has 0 radical (unpaired) electrons. The lowest BCUT2D eigenvalue weighted by Crippen LogP contribution is -2.33. The molecule has 0 saturated carbocycles. The monoisotopic (exact) mass is 506 g/mol. The summed E-state index contributed by atoms with van der Waals surface area (Å²) < 4.78 is 0. The summed E-state index contributed by atoms with van der Waals surface area (Å²) in [5.41, 5.74) is 0.329. The van der Waals surface area contributed by atoms with Crippen molar-refractivity contribution in [1.29, 1.82) is 0 Å². The minimum Gasteiger partial charge on any atom is -0.481 e. The fraction of sp³-hybridized carbons (Fsp3) is 0.300. The van der Waals surface area contributed by atoms with Gasteiger partial charge in [-0.2, -0.15) is 15.0 Å². The molecule has 2 unspecified atom stereocenters. The Morgan fingerprint density at radius 2 is 1.08 bits per heavy atom. The number of nitrogens with zero attached hydrogens (tertiary/aromatic N) is 3. The summed E-state index contributed by atoms with van der Waals surface area (Å²) in [5.74, 6) is -7.30. The fourth-order valence-electron chi connectivity index (χ4n) is 2.75. The molecule has 0 aliphatic carbocycles. The van der Waals surface area contributed by atoms with E-state index in [-0.39, 0.29) is 36.3 Å². The molecule has 2 atom stereocenters. The van der Waals surface area contributed by atoms with Crippen LogP contribution in [0.5, 0.6) is 0 Å². The predicted octanol–water partition coefficient (Wildman–Crippen LogP) is 0.773. The largest absolute Gasteiger partial charge is 0.481 e. The zero-order valence-corrected chi connectivity index (χ0v) is 18.4. The number of rotatable bonds is 15. The zero-order valence-electron chi connectivity index (χ0n) is 18.4. The molecule has 1 aromatic carbocycles. The van der Waals surface area contributed by atoms with Gasteiger partial charge in [0.15, 0.2) is 0 Å². The third kappa shape index (κ3) is 8.73. The highest BCUT2D eigenvalue weighted by Gasteiger charge is 2.23. The van der Waals surface area contributed by atoms with Gasteiger partial charge in [0.05, 0.1) is 5.56 Å². The molecule has 0 saturated heterocycles. The lowest BCUT2D eigenvalue weighted by molar-refractivity contribution is -0.141. The second-order valence-corrected chi connectivity index (χ2v) is 7.25. The first-order valence-electron chi connectivity index (χ1n) is 10.2. The highest BCUT2D eigenvalue weighted by Crippen LogP contribution is 2.19. The number of carboxylic acids is 5. The van der Waals surface area contributed by atoms with Gasteiger partial charge in [0.1, 0.15) is 12.1 Å². The van der Waals surface area contributed by atoms with Crippen LogP contribution in [0.3, 0.4) is 0 Å². The van der Waals surface area contributed by atoms with E-state index in [2.05, 4.69) is 30.9 Å². The molecule has 0 spiro atoms. The lowest BCUT2D eigenvalue weighted by Gasteiger charge is -2.17. The van der Waals surface area contributed by atoms with Crippen LogP contribution in [0, 0.1) is 0 Å². The zero-order chi connectivity index (χ0) is 26.8. The van der Waals surface area contributed by atoms with E-state index in [4.69, 9.17) is 15.3 Å². The summed E-state index contributed by atoms with van der Waals surface area (Å²) >= 11 is 0. The van der Waals surface area contributed by atoms with E-state index in [9.17, 15) is 34.2 Å². The average molecular weight is 506 g/mol. The molecular weight excluding hydrogens is 484 g/mol. The van der Waals surface area contributed by atoms with Crippen molar-refractivity contribution in [3.8, 4) is 0 Å². The lowest BCUT2D eigenvalue weighted by atomic mass is 10.1. The Hall–Kier alpha value is -5.02. The first kappa shape index (κ1) is 27.2. The van der Waals surface area contributed by atoms with Crippen LogP contribution in [0.25, 0.3) is 0 Å². The summed E-state index contributed by atoms with van der Waals surface area (Å²) in [6.45, 7) is 0. The maximum absolute atomic E-state index is 11.5. The molecule has 0 aliphatic heterocycles. The van der Waals surface area contributed by atoms with E-state index in [1.165, 1.54) is 24.3 Å². The first-order chi connectivity index (χ1) is 16.9. The summed E-state index contributed by atoms with van der Waals surface area (Å²) in [6.07, 6.45) is -1.60. The van der Waals surface area contributed by atoms with Gasteiger partial charge in [-0.25, -0.2) is 14.4 Å². The van der Waals surface area contributed by atoms with Gasteiger partial charge in [0, 0.05) is 18.5 Å². The van der Waals surface area contributed by atoms with Crippen molar-refractivity contribution in [1.82, 2.24) is 15.0 Å². The number of carboxylic acid groups (broad SMARTS) is 5. The van der Waals surface area contributed by atoms with Crippen LogP contribution >= 0.6 is 0 Å². The molecule has 0 fully saturated rings. The van der Waals surface area contributed by atoms with Gasteiger partial charge in [-0.3, -0.25) is 9.59 Å². The number of aromatic nitrogens is 3. The molecule has 16 heteroatoms. The van der Waals surface area contributed by atoms with Crippen molar-refractivity contribution in [2.75, 3.05) is 16.0 Å². The van der Waals surface area contributed by atoms with Crippen LogP contribution in [0.1, 0.15) is 36.0 Å². The molecule has 0 amide bonds. The molecule has 192 valence electrons. The molecule has 2 aromatic rings. The van der Waals surface area contributed by atoms with Gasteiger partial charge in [0.2, 0.25) is 17.8 Å². The number of hydrogen-bond donors (Lipinski definition) is 8. The Kier molecular flexibility index (Phi) is 9.41. The third-order valence-corrected chi connectivity index (χ3v) is 4.52. The van der Waals surface area contributed by atoms with E-state index in [1.807, 2.05) is 0 Å². The first-order valence-corrected chi connectivity index (χ1v) is 10.2. The van der Waals surface area contributed by atoms with Gasteiger partial charge < -0.3 is 41.5 Å². The molecular formula is C20H22N6O10. The molecule has 1 aromatic heterocycles. The number of hydrogen-bond acceptors (Lipinski definition) is 11. The minimum atomic E-state index is -1.42. The molecule has 0 aliphatic rings. The normalized spacial score (nSPS) is 12.1. The summed E-state index contributed by atoms with van der Waals surface area (Å²) in [4.78, 5) is 67.7. The van der Waals surface area contributed by atoms with Crippen molar-refractivity contribution < 1.29 is 49.5 Å². The van der Waals surface area contributed by atoms with E-state index in [0.717, 1.165) is 0 Å². The summed E-state index contributed by atoms with van der Waals surface area (Å²) in [7, 11) is 0. The van der Waals surface area contributed by atoms with Gasteiger partial charge in [-0.05, 0) is 37.1 Å². The molecule has 1 heterocycles. The van der Waals surface area contributed by atoms with Crippen LogP contribution in [-0.4, -0.2) is 82.4 Å². The van der Waals surface area contributed by atoms with Crippen molar-refractivity contribution in [3.05, 3.63) is 29.8 Å². The molecule has 36 heavy (non-hydrogen) atoms. The Morgan fingerprint density at radius 3 is 1.44 bits per heavy atom. The summed E-state index contributed by atoms with van der Waals surface area (Å²) in [6, 6.07) is 2.55. The second kappa shape index (κ2) is 12.4. The number of anilines is 4. The highest BCUT2D eigenvalue weighted by molar-refractivity contribution is 5.88. The average Bonchev–Trinajstić information content (AvgIpc) is 2.79. The van der Waals surface area contributed by atoms with Crippen molar-refractivity contribution in [2.24, 2.45) is 0 Å². The molecule has 0 bridgehead atoms. The van der Waals surface area contributed by atoms with Gasteiger partial charge in [-0.1, -0.05) is 0 Å². The number of carbonyl (C=O) groups is 5. The Balaban J connectivity index is 2.38. The Morgan fingerprint density at radius 1 is 0.667 bits per heavy atom. The standard InChI is InChI=1S/C20H22N6O10/c27-13(28)7-5-11(16(33)34)22-19-24-18(21-10-3-1-9(2-4-10)15(31)32)25-20(26-19)23-12(17(35)36)6-8-14(29)30/h1-4,11-12H,5-8H2,(H,27,28)(H,29,30)(H,31,32)(H,33,34)(H,35,36)(H3,21,22,23,24,25,26). The number of aliphatic carboxylic acids is 4. The van der Waals surface area contributed by atoms with Gasteiger partial charge in [0.25, 0.3) is 0 Å². The fourth-order valence-corrected chi connectivity index (χ4v) is 2.75. The molecule has 16 nitrogen and oxygen atoms in total. The summed E-state index contributed by atoms with van der Waals surface area (Å²) in [5, 5.41) is 53.1. The smallest absolute Gasteiger partial charge is 0.335 e. The van der Waals surface area contributed by atoms with Gasteiger partial charge in [-0.15, -0.1) is 0 Å². The molecule has 8 N–H and O–H groups in total. The van der Waals surface area contributed by atoms with Crippen LogP contribution in [-0.2, 0) is 19.2 Å². The topological polar surface area (TPSA) is 261 Å².